The van der Waals surface area contributed by atoms with E-state index >= 15 is 0 Å². The van der Waals surface area contributed by atoms with Gasteiger partial charge in [-0.15, -0.1) is 0 Å². The number of nitrogens with zero attached hydrogens (tertiary/aromatic N) is 4. The molecule has 1 aliphatic rings. The van der Waals surface area contributed by atoms with Crippen molar-refractivity contribution in [2.75, 3.05) is 18.4 Å². The number of anilines is 1. The average molecular weight is 387 g/mol. The van der Waals surface area contributed by atoms with Crippen molar-refractivity contribution in [2.45, 2.75) is 33.4 Å². The lowest BCUT2D eigenvalue weighted by Gasteiger charge is -2.34. The predicted octanol–water partition coefficient (Wildman–Crippen LogP) is 3.78. The van der Waals surface area contributed by atoms with Gasteiger partial charge in [-0.25, -0.2) is 0 Å². The molecule has 1 aliphatic heterocycles. The molecular formula is C23H25N5O. The SMILES string of the molecule is Cc1c(C#N)c(NC(=O)CN2CCn3cccc3C2C)n(-c2ccccc2)c1C. The van der Waals surface area contributed by atoms with Crippen LogP contribution in [0.3, 0.4) is 0 Å². The van der Waals surface area contributed by atoms with Gasteiger partial charge in [-0.3, -0.25) is 14.3 Å². The maximum absolute atomic E-state index is 13.0. The second-order valence-corrected chi connectivity index (χ2v) is 7.54. The van der Waals surface area contributed by atoms with Gasteiger partial charge in [0.25, 0.3) is 0 Å². The Bertz CT molecular complexity index is 1090. The van der Waals surface area contributed by atoms with Gasteiger partial charge in [0.2, 0.25) is 5.91 Å². The summed E-state index contributed by atoms with van der Waals surface area (Å²) in [5, 5.41) is 12.7. The second-order valence-electron chi connectivity index (χ2n) is 7.54. The van der Waals surface area contributed by atoms with Gasteiger partial charge in [0.15, 0.2) is 0 Å². The number of hydrogen-bond donors (Lipinski definition) is 1. The molecule has 29 heavy (non-hydrogen) atoms. The van der Waals surface area contributed by atoms with E-state index in [4.69, 9.17) is 0 Å². The summed E-state index contributed by atoms with van der Waals surface area (Å²) < 4.78 is 4.19. The summed E-state index contributed by atoms with van der Waals surface area (Å²) in [4.78, 5) is 15.1. The molecule has 6 heteroatoms. The first kappa shape index (κ1) is 19.0. The van der Waals surface area contributed by atoms with E-state index in [1.807, 2.05) is 54.8 Å². The van der Waals surface area contributed by atoms with E-state index in [9.17, 15) is 10.1 Å². The van der Waals surface area contributed by atoms with Crippen LogP contribution in [0.5, 0.6) is 0 Å². The monoisotopic (exact) mass is 387 g/mol. The van der Waals surface area contributed by atoms with Crippen molar-refractivity contribution < 1.29 is 4.79 Å². The molecule has 1 unspecified atom stereocenters. The van der Waals surface area contributed by atoms with Crippen LogP contribution in [0.25, 0.3) is 5.69 Å². The molecule has 6 nitrogen and oxygen atoms in total. The number of amides is 1. The van der Waals surface area contributed by atoms with Gasteiger partial charge >= 0.3 is 0 Å². The zero-order valence-electron chi connectivity index (χ0n) is 17.0. The Hall–Kier alpha value is -3.30. The average Bonchev–Trinajstić information content (AvgIpc) is 3.29. The number of para-hydroxylation sites is 1. The quantitative estimate of drug-likeness (QED) is 0.741. The third kappa shape index (κ3) is 3.34. The second kappa shape index (κ2) is 7.61. The van der Waals surface area contributed by atoms with Crippen LogP contribution in [-0.4, -0.2) is 33.0 Å². The molecule has 1 aromatic carbocycles. The number of carbonyl (C=O) groups excluding carboxylic acids is 1. The van der Waals surface area contributed by atoms with Crippen molar-refractivity contribution in [1.29, 1.82) is 5.26 Å². The van der Waals surface area contributed by atoms with E-state index in [2.05, 4.69) is 40.0 Å². The van der Waals surface area contributed by atoms with Crippen LogP contribution in [0.2, 0.25) is 0 Å². The highest BCUT2D eigenvalue weighted by molar-refractivity contribution is 5.93. The standard InChI is InChI=1S/C23H25N5O/c1-16-17(2)28(19-8-5-4-6-9-19)23(20(16)14-24)25-22(29)15-27-13-12-26-11-7-10-21(26)18(27)3/h4-11,18H,12-13,15H2,1-3H3,(H,25,29). The largest absolute Gasteiger partial charge is 0.349 e. The maximum Gasteiger partial charge on any atom is 0.239 e. The fourth-order valence-corrected chi connectivity index (χ4v) is 4.16. The molecule has 0 spiro atoms. The van der Waals surface area contributed by atoms with Crippen LogP contribution in [0, 0.1) is 25.2 Å². The van der Waals surface area contributed by atoms with Crippen molar-refractivity contribution in [2.24, 2.45) is 0 Å². The Morgan fingerprint density at radius 3 is 2.66 bits per heavy atom. The molecule has 0 radical (unpaired) electrons. The maximum atomic E-state index is 13.0. The summed E-state index contributed by atoms with van der Waals surface area (Å²) in [6.45, 7) is 8.00. The smallest absolute Gasteiger partial charge is 0.239 e. The van der Waals surface area contributed by atoms with E-state index in [1.54, 1.807) is 0 Å². The van der Waals surface area contributed by atoms with Crippen LogP contribution in [-0.2, 0) is 11.3 Å². The number of rotatable bonds is 4. The molecule has 3 aromatic rings. The van der Waals surface area contributed by atoms with E-state index in [1.165, 1.54) is 5.69 Å². The van der Waals surface area contributed by atoms with E-state index < -0.39 is 0 Å². The van der Waals surface area contributed by atoms with Crippen molar-refractivity contribution in [1.82, 2.24) is 14.0 Å². The predicted molar refractivity (Wildman–Crippen MR) is 113 cm³/mol. The van der Waals surface area contributed by atoms with Crippen molar-refractivity contribution in [3.8, 4) is 11.8 Å². The minimum Gasteiger partial charge on any atom is -0.349 e. The summed E-state index contributed by atoms with van der Waals surface area (Å²) in [6, 6.07) is 16.4. The molecule has 0 saturated heterocycles. The molecule has 148 valence electrons. The highest BCUT2D eigenvalue weighted by Gasteiger charge is 2.26. The molecule has 0 saturated carbocycles. The minimum atomic E-state index is -0.108. The van der Waals surface area contributed by atoms with Crippen LogP contribution in [0.15, 0.2) is 48.7 Å². The molecule has 0 fully saturated rings. The Morgan fingerprint density at radius 1 is 1.17 bits per heavy atom. The number of hydrogen-bond acceptors (Lipinski definition) is 3. The first-order valence-corrected chi connectivity index (χ1v) is 9.87. The number of nitrogens with one attached hydrogen (secondary N) is 1. The molecule has 1 amide bonds. The topological polar surface area (TPSA) is 66.0 Å². The first-order valence-electron chi connectivity index (χ1n) is 9.87. The molecule has 0 bridgehead atoms. The third-order valence-corrected chi connectivity index (χ3v) is 5.91. The van der Waals surface area contributed by atoms with Crippen molar-refractivity contribution in [3.63, 3.8) is 0 Å². The van der Waals surface area contributed by atoms with Crippen LogP contribution in [0.1, 0.15) is 35.5 Å². The van der Waals surface area contributed by atoms with Crippen molar-refractivity contribution in [3.05, 3.63) is 71.2 Å². The highest BCUT2D eigenvalue weighted by atomic mass is 16.2. The zero-order chi connectivity index (χ0) is 20.5. The van der Waals surface area contributed by atoms with E-state index in [-0.39, 0.29) is 18.5 Å². The summed E-state index contributed by atoms with van der Waals surface area (Å²) in [7, 11) is 0. The number of carbonyl (C=O) groups is 1. The Kier molecular flexibility index (Phi) is 4.99. The van der Waals surface area contributed by atoms with E-state index in [0.717, 1.165) is 30.0 Å². The third-order valence-electron chi connectivity index (χ3n) is 5.91. The molecule has 4 rings (SSSR count). The fraction of sp³-hybridized carbons (Fsp3) is 0.304. The van der Waals surface area contributed by atoms with Gasteiger partial charge < -0.3 is 9.88 Å². The highest BCUT2D eigenvalue weighted by Crippen LogP contribution is 2.30. The minimum absolute atomic E-state index is 0.108. The number of aromatic nitrogens is 2. The Labute approximate surface area is 171 Å². The van der Waals surface area contributed by atoms with Gasteiger partial charge in [0, 0.05) is 42.4 Å². The molecule has 1 atom stereocenters. The lowest BCUT2D eigenvalue weighted by Crippen LogP contribution is -2.41. The number of nitriles is 1. The zero-order valence-corrected chi connectivity index (χ0v) is 17.0. The van der Waals surface area contributed by atoms with Gasteiger partial charge in [-0.2, -0.15) is 5.26 Å². The molecule has 0 aliphatic carbocycles. The lowest BCUT2D eigenvalue weighted by atomic mass is 10.1. The summed E-state index contributed by atoms with van der Waals surface area (Å²) in [6.07, 6.45) is 2.08. The molecule has 3 heterocycles. The van der Waals surface area contributed by atoms with Crippen LogP contribution >= 0.6 is 0 Å². The summed E-state index contributed by atoms with van der Waals surface area (Å²) >= 11 is 0. The molecule has 2 aromatic heterocycles. The fourth-order valence-electron chi connectivity index (χ4n) is 4.16. The van der Waals surface area contributed by atoms with Gasteiger partial charge in [0.1, 0.15) is 11.9 Å². The Morgan fingerprint density at radius 2 is 1.93 bits per heavy atom. The van der Waals surface area contributed by atoms with Crippen molar-refractivity contribution >= 4 is 11.7 Å². The summed E-state index contributed by atoms with van der Waals surface area (Å²) in [5.74, 6) is 0.440. The molecule has 1 N–H and O–H groups in total. The molecular weight excluding hydrogens is 362 g/mol. The van der Waals surface area contributed by atoms with Crippen LogP contribution in [0.4, 0.5) is 5.82 Å². The van der Waals surface area contributed by atoms with Gasteiger partial charge in [-0.05, 0) is 50.6 Å². The lowest BCUT2D eigenvalue weighted by molar-refractivity contribution is -0.118. The van der Waals surface area contributed by atoms with Crippen LogP contribution < -0.4 is 5.32 Å². The first-order chi connectivity index (χ1) is 14.0. The number of benzene rings is 1. The van der Waals surface area contributed by atoms with E-state index in [0.29, 0.717) is 11.4 Å². The number of fused-ring (bicyclic) bond motifs is 1. The van der Waals surface area contributed by atoms with Gasteiger partial charge in [0.05, 0.1) is 12.1 Å². The Balaban J connectivity index is 1.60. The normalized spacial score (nSPS) is 16.3. The van der Waals surface area contributed by atoms with Gasteiger partial charge in [-0.1, -0.05) is 18.2 Å². The summed E-state index contributed by atoms with van der Waals surface area (Å²) in [5.41, 5.74) is 4.50.